The first-order chi connectivity index (χ1) is 7.65. The van der Waals surface area contributed by atoms with Crippen molar-refractivity contribution in [3.63, 3.8) is 0 Å². The first kappa shape index (κ1) is 12.0. The molecular weight excluding hydrogens is 218 g/mol. The van der Waals surface area contributed by atoms with Crippen molar-refractivity contribution in [2.24, 2.45) is 11.8 Å². The Morgan fingerprint density at radius 2 is 2.38 bits per heavy atom. The molecule has 1 aliphatic heterocycles. The van der Waals surface area contributed by atoms with Crippen molar-refractivity contribution >= 4 is 11.3 Å². The van der Waals surface area contributed by atoms with E-state index in [1.807, 2.05) is 0 Å². The van der Waals surface area contributed by atoms with E-state index in [4.69, 9.17) is 0 Å². The Morgan fingerprint density at radius 1 is 1.62 bits per heavy atom. The highest BCUT2D eigenvalue weighted by Gasteiger charge is 2.24. The van der Waals surface area contributed by atoms with E-state index in [-0.39, 0.29) is 0 Å². The van der Waals surface area contributed by atoms with E-state index in [2.05, 4.69) is 41.5 Å². The Hall–Kier alpha value is -0.450. The molecule has 0 aliphatic carbocycles. The zero-order chi connectivity index (χ0) is 11.5. The molecule has 1 fully saturated rings. The Balaban J connectivity index is 1.77. The quantitative estimate of drug-likeness (QED) is 0.848. The van der Waals surface area contributed by atoms with Crippen LogP contribution in [0.2, 0.25) is 0 Å². The minimum absolute atomic E-state index is 0.783. The van der Waals surface area contributed by atoms with Crippen LogP contribution < -0.4 is 5.32 Å². The topological polar surface area (TPSA) is 28.2 Å². The van der Waals surface area contributed by atoms with Gasteiger partial charge in [-0.15, -0.1) is 11.3 Å². The molecule has 90 valence electrons. The van der Waals surface area contributed by atoms with Crippen LogP contribution in [-0.4, -0.2) is 36.6 Å². The second-order valence-electron chi connectivity index (χ2n) is 4.95. The van der Waals surface area contributed by atoms with E-state index in [9.17, 15) is 0 Å². The molecule has 0 radical (unpaired) electrons. The number of hydrogen-bond donors (Lipinski definition) is 1. The van der Waals surface area contributed by atoms with Gasteiger partial charge in [0.05, 0.1) is 10.7 Å². The van der Waals surface area contributed by atoms with Crippen molar-refractivity contribution < 1.29 is 0 Å². The monoisotopic (exact) mass is 239 g/mol. The second kappa shape index (κ2) is 5.25. The summed E-state index contributed by atoms with van der Waals surface area (Å²) in [7, 11) is 2.19. The minimum Gasteiger partial charge on any atom is -0.316 e. The molecule has 3 nitrogen and oxygen atoms in total. The molecule has 0 spiro atoms. The summed E-state index contributed by atoms with van der Waals surface area (Å²) in [5.41, 5.74) is 1.21. The Labute approximate surface area is 102 Å². The van der Waals surface area contributed by atoms with E-state index < -0.39 is 0 Å². The van der Waals surface area contributed by atoms with Crippen molar-refractivity contribution in [1.29, 1.82) is 0 Å². The number of aromatic nitrogens is 1. The van der Waals surface area contributed by atoms with Gasteiger partial charge in [0.2, 0.25) is 0 Å². The fraction of sp³-hybridized carbons (Fsp3) is 0.750. The molecule has 0 aromatic carbocycles. The third-order valence-corrected chi connectivity index (χ3v) is 4.14. The zero-order valence-corrected chi connectivity index (χ0v) is 11.2. The fourth-order valence-electron chi connectivity index (χ4n) is 2.18. The van der Waals surface area contributed by atoms with Gasteiger partial charge in [-0.25, -0.2) is 4.98 Å². The zero-order valence-electron chi connectivity index (χ0n) is 10.4. The van der Waals surface area contributed by atoms with Gasteiger partial charge in [0.1, 0.15) is 0 Å². The van der Waals surface area contributed by atoms with E-state index in [1.54, 1.807) is 11.3 Å². The van der Waals surface area contributed by atoms with Crippen LogP contribution in [0.4, 0.5) is 0 Å². The molecule has 1 saturated heterocycles. The standard InChI is InChI=1S/C12H21N3S/c1-9(11-4-13-5-11)6-15(3)7-12-8-16-10(2)14-12/h8-9,11,13H,4-7H2,1-3H3. The van der Waals surface area contributed by atoms with Crippen LogP contribution in [0.3, 0.4) is 0 Å². The predicted molar refractivity (Wildman–Crippen MR) is 68.7 cm³/mol. The van der Waals surface area contributed by atoms with E-state index in [0.29, 0.717) is 0 Å². The number of rotatable bonds is 5. The fourth-order valence-corrected chi connectivity index (χ4v) is 2.78. The molecule has 2 rings (SSSR count). The second-order valence-corrected chi connectivity index (χ2v) is 6.01. The smallest absolute Gasteiger partial charge is 0.0897 e. The molecular formula is C12H21N3S. The average molecular weight is 239 g/mol. The van der Waals surface area contributed by atoms with Crippen molar-refractivity contribution in [3.05, 3.63) is 16.1 Å². The molecule has 1 N–H and O–H groups in total. The number of thiazole rings is 1. The summed E-state index contributed by atoms with van der Waals surface area (Å²) in [4.78, 5) is 6.89. The summed E-state index contributed by atoms with van der Waals surface area (Å²) >= 11 is 1.74. The molecule has 1 aliphatic rings. The summed E-state index contributed by atoms with van der Waals surface area (Å²) in [6.07, 6.45) is 0. The molecule has 0 bridgehead atoms. The predicted octanol–water partition coefficient (Wildman–Crippen LogP) is 1.74. The maximum Gasteiger partial charge on any atom is 0.0897 e. The normalized spacial score (nSPS) is 18.8. The minimum atomic E-state index is 0.783. The Kier molecular flexibility index (Phi) is 3.95. The highest BCUT2D eigenvalue weighted by molar-refractivity contribution is 7.09. The van der Waals surface area contributed by atoms with Gasteiger partial charge in [-0.2, -0.15) is 0 Å². The maximum absolute atomic E-state index is 4.50. The molecule has 4 heteroatoms. The SMILES string of the molecule is Cc1nc(CN(C)CC(C)C2CNC2)cs1. The third kappa shape index (κ3) is 3.03. The Bertz CT molecular complexity index is 333. The van der Waals surface area contributed by atoms with Crippen LogP contribution in [0.1, 0.15) is 17.6 Å². The van der Waals surface area contributed by atoms with Gasteiger partial charge in [0, 0.05) is 18.5 Å². The summed E-state index contributed by atoms with van der Waals surface area (Å²) in [6.45, 7) is 8.97. The lowest BCUT2D eigenvalue weighted by molar-refractivity contribution is 0.181. The number of hydrogen-bond acceptors (Lipinski definition) is 4. The molecule has 2 heterocycles. The van der Waals surface area contributed by atoms with Gasteiger partial charge in [-0.3, -0.25) is 0 Å². The average Bonchev–Trinajstić information content (AvgIpc) is 2.47. The first-order valence-corrected chi connectivity index (χ1v) is 6.83. The van der Waals surface area contributed by atoms with Crippen LogP contribution in [0, 0.1) is 18.8 Å². The highest BCUT2D eigenvalue weighted by Crippen LogP contribution is 2.17. The van der Waals surface area contributed by atoms with Crippen LogP contribution in [-0.2, 0) is 6.54 Å². The Morgan fingerprint density at radius 3 is 2.88 bits per heavy atom. The van der Waals surface area contributed by atoms with Crippen LogP contribution in [0.25, 0.3) is 0 Å². The number of aryl methyl sites for hydroxylation is 1. The molecule has 16 heavy (non-hydrogen) atoms. The lowest BCUT2D eigenvalue weighted by Crippen LogP contribution is -2.47. The molecule has 1 aromatic rings. The van der Waals surface area contributed by atoms with Gasteiger partial charge in [0.25, 0.3) is 0 Å². The van der Waals surface area contributed by atoms with Crippen molar-refractivity contribution in [2.45, 2.75) is 20.4 Å². The number of nitrogens with zero attached hydrogens (tertiary/aromatic N) is 2. The van der Waals surface area contributed by atoms with Crippen molar-refractivity contribution in [1.82, 2.24) is 15.2 Å². The molecule has 1 unspecified atom stereocenters. The van der Waals surface area contributed by atoms with Crippen molar-refractivity contribution in [3.8, 4) is 0 Å². The lowest BCUT2D eigenvalue weighted by Gasteiger charge is -2.34. The van der Waals surface area contributed by atoms with Gasteiger partial charge in [0.15, 0.2) is 0 Å². The van der Waals surface area contributed by atoms with Crippen LogP contribution in [0.15, 0.2) is 5.38 Å². The molecule has 1 aromatic heterocycles. The summed E-state index contributed by atoms with van der Waals surface area (Å²) in [6, 6.07) is 0. The molecule has 0 saturated carbocycles. The maximum atomic E-state index is 4.50. The van der Waals surface area contributed by atoms with Gasteiger partial charge in [-0.05, 0) is 38.9 Å². The summed E-state index contributed by atoms with van der Waals surface area (Å²) in [5, 5.41) is 6.67. The lowest BCUT2D eigenvalue weighted by atomic mass is 9.88. The van der Waals surface area contributed by atoms with Gasteiger partial charge < -0.3 is 10.2 Å². The van der Waals surface area contributed by atoms with Crippen LogP contribution in [0.5, 0.6) is 0 Å². The summed E-state index contributed by atoms with van der Waals surface area (Å²) < 4.78 is 0. The first-order valence-electron chi connectivity index (χ1n) is 5.95. The van der Waals surface area contributed by atoms with Crippen molar-refractivity contribution in [2.75, 3.05) is 26.7 Å². The molecule has 1 atom stereocenters. The van der Waals surface area contributed by atoms with E-state index >= 15 is 0 Å². The number of nitrogens with one attached hydrogen (secondary N) is 1. The van der Waals surface area contributed by atoms with Gasteiger partial charge >= 0.3 is 0 Å². The van der Waals surface area contributed by atoms with Gasteiger partial charge in [-0.1, -0.05) is 6.92 Å². The van der Waals surface area contributed by atoms with E-state index in [1.165, 1.54) is 30.3 Å². The summed E-state index contributed by atoms with van der Waals surface area (Å²) in [5.74, 6) is 1.66. The third-order valence-electron chi connectivity index (χ3n) is 3.32. The van der Waals surface area contributed by atoms with Crippen LogP contribution >= 0.6 is 11.3 Å². The highest BCUT2D eigenvalue weighted by atomic mass is 32.1. The molecule has 0 amide bonds. The van der Waals surface area contributed by atoms with E-state index in [0.717, 1.165) is 18.4 Å². The largest absolute Gasteiger partial charge is 0.316 e.